The molecule has 3 aromatic carbocycles. The Morgan fingerprint density at radius 2 is 1.27 bits per heavy atom. The Morgan fingerprint density at radius 1 is 0.697 bits per heavy atom. The van der Waals surface area contributed by atoms with E-state index in [2.05, 4.69) is 86.7 Å². The monoisotopic (exact) mass is 617 g/mol. The molecule has 0 bridgehead atoms. The SMILES string of the molecule is CC.CC.CC.[C-]1=C(c2[c-]cc3c(c2)Cc2ccccc2-3)Cc2ccccc21.[CH2-]CC[CH2-].[Ir]. The van der Waals surface area contributed by atoms with E-state index in [1.165, 1.54) is 44.5 Å². The molecule has 0 amide bonds. The van der Waals surface area contributed by atoms with Gasteiger partial charge in [-0.1, -0.05) is 89.4 Å². The van der Waals surface area contributed by atoms with E-state index in [0.717, 1.165) is 25.7 Å². The maximum absolute atomic E-state index is 3.55. The molecule has 1 radical (unpaired) electrons. The first kappa shape index (κ1) is 31.0. The third-order valence-electron chi connectivity index (χ3n) is 4.97. The average molecular weight is 617 g/mol. The Balaban J connectivity index is 0.000000820. The molecule has 0 heterocycles. The van der Waals surface area contributed by atoms with Gasteiger partial charge >= 0.3 is 0 Å². The summed E-state index contributed by atoms with van der Waals surface area (Å²) in [7, 11) is 0. The molecule has 1 heteroatoms. The van der Waals surface area contributed by atoms with E-state index >= 15 is 0 Å². The summed E-state index contributed by atoms with van der Waals surface area (Å²) in [5, 5.41) is 0. The van der Waals surface area contributed by atoms with Crippen LogP contribution in [0.4, 0.5) is 0 Å². The van der Waals surface area contributed by atoms with Crippen molar-refractivity contribution in [3.63, 3.8) is 0 Å². The van der Waals surface area contributed by atoms with Crippen molar-refractivity contribution in [1.29, 1.82) is 0 Å². The standard InChI is InChI=1S/C22H14.C4H8.3C2H6.Ir/c1-2-6-16-12-19(11-15(16)5-1)17-9-10-22-20(13-17)14-18-7-3-4-8-21(18)22;1-3-4-2;3*1-2;/h1-8,10,13H,11,14H2;1-4H2;3*1-2H3;/q2*-2;;;;. The second kappa shape index (κ2) is 17.5. The molecule has 0 aromatic heterocycles. The molecule has 2 aliphatic rings. The third kappa shape index (κ3) is 8.09. The van der Waals surface area contributed by atoms with Crippen molar-refractivity contribution in [1.82, 2.24) is 0 Å². The van der Waals surface area contributed by atoms with Crippen LogP contribution >= 0.6 is 0 Å². The quantitative estimate of drug-likeness (QED) is 0.197. The van der Waals surface area contributed by atoms with Crippen molar-refractivity contribution >= 4 is 5.57 Å². The minimum atomic E-state index is 0. The molecule has 0 saturated heterocycles. The van der Waals surface area contributed by atoms with E-state index in [-0.39, 0.29) is 20.1 Å². The minimum absolute atomic E-state index is 0. The van der Waals surface area contributed by atoms with Crippen molar-refractivity contribution in [2.75, 3.05) is 0 Å². The number of benzene rings is 3. The summed E-state index contributed by atoms with van der Waals surface area (Å²) in [6.45, 7) is 19.1. The van der Waals surface area contributed by atoms with E-state index in [1.54, 1.807) is 0 Å². The van der Waals surface area contributed by atoms with Gasteiger partial charge in [0, 0.05) is 20.1 Å². The Labute approximate surface area is 217 Å². The van der Waals surface area contributed by atoms with Crippen molar-refractivity contribution < 1.29 is 20.1 Å². The van der Waals surface area contributed by atoms with Gasteiger partial charge in [-0.25, -0.2) is 24.0 Å². The van der Waals surface area contributed by atoms with Crippen LogP contribution in [0.1, 0.15) is 82.2 Å². The largest absolute Gasteiger partial charge is 0.346 e. The van der Waals surface area contributed by atoms with Crippen LogP contribution in [0, 0.1) is 26.0 Å². The summed E-state index contributed by atoms with van der Waals surface area (Å²) in [6, 6.07) is 25.2. The molecule has 0 saturated carbocycles. The zero-order chi connectivity index (χ0) is 23.9. The van der Waals surface area contributed by atoms with Gasteiger partial charge in [0.2, 0.25) is 0 Å². The van der Waals surface area contributed by atoms with Crippen molar-refractivity contribution in [3.05, 3.63) is 114 Å². The number of hydrogen-bond donors (Lipinski definition) is 0. The summed E-state index contributed by atoms with van der Waals surface area (Å²) >= 11 is 0. The Bertz CT molecular complexity index is 964. The van der Waals surface area contributed by atoms with Crippen molar-refractivity contribution in [2.24, 2.45) is 0 Å². The van der Waals surface area contributed by atoms with Crippen LogP contribution in [0.3, 0.4) is 0 Å². The molecule has 3 aromatic rings. The third-order valence-corrected chi connectivity index (χ3v) is 4.97. The molecule has 5 rings (SSSR count). The number of hydrogen-bond acceptors (Lipinski definition) is 0. The van der Waals surface area contributed by atoms with Gasteiger partial charge in [-0.05, 0) is 12.0 Å². The fraction of sp³-hybridized carbons (Fsp3) is 0.312. The average Bonchev–Trinajstić information content (AvgIpc) is 3.49. The van der Waals surface area contributed by atoms with E-state index in [0.29, 0.717) is 0 Å². The predicted octanol–water partition coefficient (Wildman–Crippen LogP) is 9.36. The van der Waals surface area contributed by atoms with Crippen LogP contribution in [0.25, 0.3) is 16.7 Å². The summed E-state index contributed by atoms with van der Waals surface area (Å²) in [5.74, 6) is 0. The first-order valence-electron chi connectivity index (χ1n) is 12.2. The number of unbranched alkanes of at least 4 members (excludes halogenated alkanes) is 1. The van der Waals surface area contributed by atoms with Crippen molar-refractivity contribution in [3.8, 4) is 11.1 Å². The molecule has 33 heavy (non-hydrogen) atoms. The van der Waals surface area contributed by atoms with Gasteiger partial charge in [-0.2, -0.15) is 23.8 Å². The van der Waals surface area contributed by atoms with Gasteiger partial charge < -0.3 is 13.8 Å². The van der Waals surface area contributed by atoms with Crippen LogP contribution in [0.5, 0.6) is 0 Å². The summed E-state index contributed by atoms with van der Waals surface area (Å²) < 4.78 is 0. The molecule has 181 valence electrons. The van der Waals surface area contributed by atoms with Gasteiger partial charge in [-0.3, -0.25) is 0 Å². The first-order valence-corrected chi connectivity index (χ1v) is 12.2. The maximum atomic E-state index is 3.55. The second-order valence-corrected chi connectivity index (χ2v) is 6.76. The molecule has 0 aliphatic heterocycles. The minimum Gasteiger partial charge on any atom is -0.346 e. The zero-order valence-corrected chi connectivity index (χ0v) is 23.7. The molecule has 0 atom stereocenters. The first-order chi connectivity index (χ1) is 15.8. The fourth-order valence-electron chi connectivity index (χ4n) is 3.61. The van der Waals surface area contributed by atoms with Crippen LogP contribution in [0.15, 0.2) is 60.7 Å². The van der Waals surface area contributed by atoms with E-state index < -0.39 is 0 Å². The normalized spacial score (nSPS) is 11.0. The fourth-order valence-corrected chi connectivity index (χ4v) is 3.61. The van der Waals surface area contributed by atoms with Crippen LogP contribution in [-0.2, 0) is 32.9 Å². The molecule has 0 spiro atoms. The van der Waals surface area contributed by atoms with E-state index in [4.69, 9.17) is 0 Å². The Hall–Kier alpha value is -1.95. The summed E-state index contributed by atoms with van der Waals surface area (Å²) in [6.07, 6.45) is 7.47. The molecule has 0 N–H and O–H groups in total. The van der Waals surface area contributed by atoms with Crippen LogP contribution < -0.4 is 0 Å². The summed E-state index contributed by atoms with van der Waals surface area (Å²) in [4.78, 5) is 0. The zero-order valence-electron chi connectivity index (χ0n) is 21.3. The van der Waals surface area contributed by atoms with Gasteiger partial charge in [0.15, 0.2) is 0 Å². The van der Waals surface area contributed by atoms with Gasteiger partial charge in [0.25, 0.3) is 0 Å². The molecular weight excluding hydrogens is 577 g/mol. The molecule has 0 unspecified atom stereocenters. The number of allylic oxidation sites excluding steroid dienone is 1. The van der Waals surface area contributed by atoms with Gasteiger partial charge in [0.05, 0.1) is 0 Å². The number of fused-ring (bicyclic) bond motifs is 4. The molecular formula is C32H40Ir-4. The summed E-state index contributed by atoms with van der Waals surface area (Å²) in [5.41, 5.74) is 10.6. The van der Waals surface area contributed by atoms with Crippen LogP contribution in [0.2, 0.25) is 0 Å². The molecule has 0 nitrogen and oxygen atoms in total. The Morgan fingerprint density at radius 3 is 1.88 bits per heavy atom. The second-order valence-electron chi connectivity index (χ2n) is 6.76. The van der Waals surface area contributed by atoms with Gasteiger partial charge in [0.1, 0.15) is 0 Å². The maximum Gasteiger partial charge on any atom is 0 e. The van der Waals surface area contributed by atoms with E-state index in [9.17, 15) is 0 Å². The number of rotatable bonds is 2. The predicted molar refractivity (Wildman–Crippen MR) is 143 cm³/mol. The Kier molecular flexibility index (Phi) is 16.5. The topological polar surface area (TPSA) is 0 Å². The van der Waals surface area contributed by atoms with Crippen LogP contribution in [-0.4, -0.2) is 0 Å². The molecule has 2 aliphatic carbocycles. The smallest absolute Gasteiger partial charge is 0 e. The van der Waals surface area contributed by atoms with Gasteiger partial charge in [-0.15, -0.1) is 35.4 Å². The van der Waals surface area contributed by atoms with Crippen molar-refractivity contribution in [2.45, 2.75) is 67.2 Å². The molecule has 0 fully saturated rings. The van der Waals surface area contributed by atoms with E-state index in [1.807, 2.05) is 41.5 Å².